The van der Waals surface area contributed by atoms with E-state index in [0.717, 1.165) is 12.8 Å². The molecule has 6 heteroatoms. The summed E-state index contributed by atoms with van der Waals surface area (Å²) < 4.78 is 65.6. The molecule has 0 amide bonds. The summed E-state index contributed by atoms with van der Waals surface area (Å²) in [6.07, 6.45) is 2.26. The standard InChI is InChI=1S/C12H13BF5/c1-3-4-5-13-6(2)7-8(14)10(16)12(18)11(17)9(7)15/h6H,3-5H2,1-2H3. The summed E-state index contributed by atoms with van der Waals surface area (Å²) in [7, 11) is 1.56. The Bertz CT molecular complexity index is 404. The summed E-state index contributed by atoms with van der Waals surface area (Å²) in [5, 5.41) is 0. The van der Waals surface area contributed by atoms with Crippen molar-refractivity contribution >= 4 is 7.28 Å². The van der Waals surface area contributed by atoms with Crippen LogP contribution in [-0.2, 0) is 0 Å². The lowest BCUT2D eigenvalue weighted by molar-refractivity contribution is 0.370. The molecule has 0 saturated carbocycles. The van der Waals surface area contributed by atoms with Crippen molar-refractivity contribution in [3.63, 3.8) is 0 Å². The van der Waals surface area contributed by atoms with E-state index in [4.69, 9.17) is 0 Å². The average molecular weight is 263 g/mol. The van der Waals surface area contributed by atoms with Crippen LogP contribution in [0, 0.1) is 29.1 Å². The average Bonchev–Trinajstić information content (AvgIpc) is 2.34. The van der Waals surface area contributed by atoms with Gasteiger partial charge in [0.15, 0.2) is 23.3 Å². The Morgan fingerprint density at radius 2 is 1.33 bits per heavy atom. The first-order chi connectivity index (χ1) is 8.41. The van der Waals surface area contributed by atoms with Crippen LogP contribution < -0.4 is 0 Å². The van der Waals surface area contributed by atoms with Gasteiger partial charge in [0.25, 0.3) is 0 Å². The fourth-order valence-electron chi connectivity index (χ4n) is 1.71. The van der Waals surface area contributed by atoms with E-state index < -0.39 is 40.5 Å². The van der Waals surface area contributed by atoms with Crippen molar-refractivity contribution in [3.05, 3.63) is 34.6 Å². The van der Waals surface area contributed by atoms with Crippen molar-refractivity contribution in [2.24, 2.45) is 0 Å². The van der Waals surface area contributed by atoms with Gasteiger partial charge in [-0.3, -0.25) is 0 Å². The third kappa shape index (κ3) is 2.84. The normalized spacial score (nSPS) is 12.6. The lowest BCUT2D eigenvalue weighted by Gasteiger charge is -2.14. The molecule has 0 aromatic heterocycles. The number of rotatable bonds is 5. The Hall–Kier alpha value is -1.07. The number of unbranched alkanes of at least 4 members (excludes halogenated alkanes) is 1. The Kier molecular flexibility index (Phi) is 5.17. The number of hydrogen-bond acceptors (Lipinski definition) is 0. The number of hydrogen-bond donors (Lipinski definition) is 0. The van der Waals surface area contributed by atoms with Gasteiger partial charge in [-0.1, -0.05) is 33.0 Å². The largest absolute Gasteiger partial charge is 0.203 e. The molecule has 0 saturated heterocycles. The van der Waals surface area contributed by atoms with E-state index in [0.29, 0.717) is 6.32 Å². The molecule has 1 aromatic carbocycles. The Balaban J connectivity index is 3.08. The zero-order chi connectivity index (χ0) is 13.9. The lowest BCUT2D eigenvalue weighted by Crippen LogP contribution is -2.14. The SMILES string of the molecule is CCCC[B]C(C)c1c(F)c(F)c(F)c(F)c1F. The summed E-state index contributed by atoms with van der Waals surface area (Å²) in [6, 6.07) is 0. The van der Waals surface area contributed by atoms with Gasteiger partial charge in [-0.2, -0.15) is 0 Å². The first kappa shape index (κ1) is 15.0. The number of benzene rings is 1. The smallest absolute Gasteiger partial charge is 0.200 e. The highest BCUT2D eigenvalue weighted by Gasteiger charge is 2.28. The first-order valence-corrected chi connectivity index (χ1v) is 5.76. The molecular weight excluding hydrogens is 250 g/mol. The van der Waals surface area contributed by atoms with Gasteiger partial charge < -0.3 is 0 Å². The fraction of sp³-hybridized carbons (Fsp3) is 0.500. The van der Waals surface area contributed by atoms with E-state index >= 15 is 0 Å². The molecule has 0 N–H and O–H groups in total. The molecule has 0 spiro atoms. The highest BCUT2D eigenvalue weighted by molar-refractivity contribution is 6.37. The van der Waals surface area contributed by atoms with Gasteiger partial charge in [-0.25, -0.2) is 22.0 Å². The molecule has 1 aromatic rings. The zero-order valence-electron chi connectivity index (χ0n) is 10.2. The monoisotopic (exact) mass is 263 g/mol. The van der Waals surface area contributed by atoms with Crippen LogP contribution in [-0.4, -0.2) is 7.28 Å². The molecule has 1 atom stereocenters. The predicted octanol–water partition coefficient (Wildman–Crippen LogP) is 4.37. The van der Waals surface area contributed by atoms with E-state index in [2.05, 4.69) is 0 Å². The molecular formula is C12H13BF5. The van der Waals surface area contributed by atoms with Gasteiger partial charge in [0.2, 0.25) is 5.82 Å². The molecule has 0 nitrogen and oxygen atoms in total. The minimum atomic E-state index is -2.12. The zero-order valence-corrected chi connectivity index (χ0v) is 10.2. The minimum Gasteiger partial charge on any atom is -0.203 e. The predicted molar refractivity (Wildman–Crippen MR) is 60.1 cm³/mol. The first-order valence-electron chi connectivity index (χ1n) is 5.76. The summed E-state index contributed by atoms with van der Waals surface area (Å²) in [5.41, 5.74) is -0.762. The van der Waals surface area contributed by atoms with Crippen molar-refractivity contribution in [1.29, 1.82) is 0 Å². The molecule has 0 fully saturated rings. The van der Waals surface area contributed by atoms with Gasteiger partial charge in [0.05, 0.1) is 0 Å². The quantitative estimate of drug-likeness (QED) is 0.243. The van der Waals surface area contributed by atoms with Crippen LogP contribution in [0.5, 0.6) is 0 Å². The van der Waals surface area contributed by atoms with E-state index in [-0.39, 0.29) is 0 Å². The van der Waals surface area contributed by atoms with E-state index in [1.807, 2.05) is 6.92 Å². The Labute approximate surface area is 103 Å². The van der Waals surface area contributed by atoms with Crippen LogP contribution in [0.15, 0.2) is 0 Å². The Morgan fingerprint density at radius 3 is 1.78 bits per heavy atom. The van der Waals surface area contributed by atoms with Crippen molar-refractivity contribution < 1.29 is 22.0 Å². The summed E-state index contributed by atoms with van der Waals surface area (Å²) in [6.45, 7) is 3.35. The molecule has 1 unspecified atom stereocenters. The minimum absolute atomic E-state index is 0.567. The second-order valence-electron chi connectivity index (χ2n) is 4.15. The van der Waals surface area contributed by atoms with Gasteiger partial charge >= 0.3 is 0 Å². The van der Waals surface area contributed by atoms with Crippen LogP contribution >= 0.6 is 0 Å². The van der Waals surface area contributed by atoms with Gasteiger partial charge in [-0.05, 0) is 5.82 Å². The summed E-state index contributed by atoms with van der Waals surface area (Å²) in [5.74, 6) is -10.2. The molecule has 0 bridgehead atoms. The van der Waals surface area contributed by atoms with Crippen molar-refractivity contribution in [2.75, 3.05) is 0 Å². The molecule has 99 valence electrons. The molecule has 0 heterocycles. The van der Waals surface area contributed by atoms with Crippen molar-refractivity contribution in [3.8, 4) is 0 Å². The van der Waals surface area contributed by atoms with Crippen LogP contribution in [0.4, 0.5) is 22.0 Å². The van der Waals surface area contributed by atoms with Crippen molar-refractivity contribution in [1.82, 2.24) is 0 Å². The molecule has 0 aliphatic heterocycles. The molecule has 18 heavy (non-hydrogen) atoms. The highest BCUT2D eigenvalue weighted by atomic mass is 19.2. The topological polar surface area (TPSA) is 0 Å². The second-order valence-corrected chi connectivity index (χ2v) is 4.15. The summed E-state index contributed by atoms with van der Waals surface area (Å²) >= 11 is 0. The maximum Gasteiger partial charge on any atom is 0.200 e. The van der Waals surface area contributed by atoms with Gasteiger partial charge in [0, 0.05) is 5.56 Å². The molecule has 1 radical (unpaired) electrons. The van der Waals surface area contributed by atoms with Crippen LogP contribution in [0.2, 0.25) is 6.32 Å². The summed E-state index contributed by atoms with van der Waals surface area (Å²) in [4.78, 5) is 0. The van der Waals surface area contributed by atoms with Gasteiger partial charge in [0.1, 0.15) is 7.28 Å². The second kappa shape index (κ2) is 6.20. The van der Waals surface area contributed by atoms with Crippen LogP contribution in [0.3, 0.4) is 0 Å². The van der Waals surface area contributed by atoms with Gasteiger partial charge in [-0.15, -0.1) is 0 Å². The van der Waals surface area contributed by atoms with Crippen LogP contribution in [0.25, 0.3) is 0 Å². The fourth-order valence-corrected chi connectivity index (χ4v) is 1.71. The van der Waals surface area contributed by atoms with Crippen molar-refractivity contribution in [2.45, 2.75) is 38.8 Å². The van der Waals surface area contributed by atoms with E-state index in [1.54, 1.807) is 7.28 Å². The number of halogens is 5. The third-order valence-corrected chi connectivity index (χ3v) is 2.78. The lowest BCUT2D eigenvalue weighted by atomic mass is 9.59. The van der Waals surface area contributed by atoms with E-state index in [1.165, 1.54) is 6.92 Å². The van der Waals surface area contributed by atoms with E-state index in [9.17, 15) is 22.0 Å². The maximum atomic E-state index is 13.4. The Morgan fingerprint density at radius 1 is 0.889 bits per heavy atom. The van der Waals surface area contributed by atoms with Crippen LogP contribution in [0.1, 0.15) is 38.1 Å². The molecule has 0 aliphatic rings. The third-order valence-electron chi connectivity index (χ3n) is 2.78. The molecule has 0 aliphatic carbocycles. The maximum absolute atomic E-state index is 13.4. The molecule has 1 rings (SSSR count). The highest BCUT2D eigenvalue weighted by Crippen LogP contribution is 2.28.